The van der Waals surface area contributed by atoms with Gasteiger partial charge in [0, 0.05) is 19.4 Å². The highest BCUT2D eigenvalue weighted by Crippen LogP contribution is 2.49. The van der Waals surface area contributed by atoms with Crippen molar-refractivity contribution in [3.8, 4) is 5.88 Å². The molecule has 14 nitrogen and oxygen atoms in total. The molecule has 1 fully saturated rings. The second-order valence-electron chi connectivity index (χ2n) is 9.26. The average molecular weight is 579 g/mol. The molecule has 0 saturated carbocycles. The summed E-state index contributed by atoms with van der Waals surface area (Å²) in [6, 6.07) is 9.23. The summed E-state index contributed by atoms with van der Waals surface area (Å²) >= 11 is 0. The Kier molecular flexibility index (Phi) is 9.72. The third kappa shape index (κ3) is 6.95. The molecule has 1 aliphatic heterocycles. The van der Waals surface area contributed by atoms with Gasteiger partial charge in [-0.15, -0.1) is 0 Å². The molecule has 0 amide bonds. The minimum Gasteiger partial charge on any atom is -0.476 e. The number of aliphatic hydroxyl groups excluding tert-OH is 1. The maximum atomic E-state index is 13.7. The number of aliphatic hydroxyl groups is 1. The molecule has 0 aliphatic carbocycles. The van der Waals surface area contributed by atoms with Crippen LogP contribution in [0.4, 0.5) is 5.95 Å². The third-order valence-corrected chi connectivity index (χ3v) is 8.03. The van der Waals surface area contributed by atoms with Gasteiger partial charge in [-0.25, -0.2) is 14.6 Å². The predicted octanol–water partition coefficient (Wildman–Crippen LogP) is 2.76. The van der Waals surface area contributed by atoms with E-state index in [0.29, 0.717) is 17.8 Å². The van der Waals surface area contributed by atoms with Gasteiger partial charge in [-0.1, -0.05) is 37.3 Å². The van der Waals surface area contributed by atoms with Crippen LogP contribution in [-0.2, 0) is 27.9 Å². The molecule has 4 N–H and O–H groups in total. The molecule has 6 atom stereocenters. The van der Waals surface area contributed by atoms with Crippen LogP contribution in [0.5, 0.6) is 5.88 Å². The van der Waals surface area contributed by atoms with Gasteiger partial charge in [-0.3, -0.25) is 18.4 Å². The van der Waals surface area contributed by atoms with E-state index in [1.54, 1.807) is 18.4 Å². The summed E-state index contributed by atoms with van der Waals surface area (Å²) in [6.07, 6.45) is -1.59. The number of ether oxygens (including phenoxy) is 3. The van der Waals surface area contributed by atoms with Crippen LogP contribution in [-0.4, -0.2) is 69.2 Å². The van der Waals surface area contributed by atoms with E-state index in [0.717, 1.165) is 5.56 Å². The number of carbonyl (C=O) groups is 1. The number of imidazole rings is 1. The van der Waals surface area contributed by atoms with Crippen LogP contribution in [0, 0.1) is 5.92 Å². The van der Waals surface area contributed by atoms with Gasteiger partial charge >= 0.3 is 13.7 Å². The van der Waals surface area contributed by atoms with Crippen LogP contribution in [0.2, 0.25) is 0 Å². The first-order valence-corrected chi connectivity index (χ1v) is 14.5. The minimum atomic E-state index is -3.94. The summed E-state index contributed by atoms with van der Waals surface area (Å²) in [7, 11) is -3.94. The average Bonchev–Trinajstić information content (AvgIpc) is 3.46. The van der Waals surface area contributed by atoms with Gasteiger partial charge in [-0.05, 0) is 19.4 Å². The molecule has 6 unspecified atom stereocenters. The number of nitrogens with one attached hydrogen (secondary N) is 1. The van der Waals surface area contributed by atoms with Crippen LogP contribution in [0.15, 0.2) is 36.7 Å². The Morgan fingerprint density at radius 3 is 2.75 bits per heavy atom. The zero-order valence-corrected chi connectivity index (χ0v) is 23.7. The van der Waals surface area contributed by atoms with E-state index in [4.69, 9.17) is 29.0 Å². The quantitative estimate of drug-likeness (QED) is 0.153. The Hall–Kier alpha value is -3.13. The van der Waals surface area contributed by atoms with Gasteiger partial charge < -0.3 is 25.1 Å². The molecule has 15 heteroatoms. The zero-order chi connectivity index (χ0) is 28.9. The number of nitrogens with zero attached hydrogens (tertiary/aromatic N) is 4. The van der Waals surface area contributed by atoms with Crippen molar-refractivity contribution in [1.29, 1.82) is 0 Å². The first-order valence-electron chi connectivity index (χ1n) is 12.9. The van der Waals surface area contributed by atoms with Crippen molar-refractivity contribution < 1.29 is 37.7 Å². The maximum absolute atomic E-state index is 13.7. The summed E-state index contributed by atoms with van der Waals surface area (Å²) in [5.74, 6) is -0.626. The van der Waals surface area contributed by atoms with Crippen LogP contribution in [0.3, 0.4) is 0 Å². The zero-order valence-electron chi connectivity index (χ0n) is 22.8. The molecule has 218 valence electrons. The number of nitrogens with two attached hydrogens (primary N) is 1. The number of carbonyl (C=O) groups excluding carboxylic acids is 1. The fourth-order valence-corrected chi connectivity index (χ4v) is 5.81. The van der Waals surface area contributed by atoms with E-state index in [9.17, 15) is 14.5 Å². The number of nitrogen functional groups attached to an aromatic ring is 1. The molecule has 40 heavy (non-hydrogen) atoms. The van der Waals surface area contributed by atoms with Crippen LogP contribution in [0.25, 0.3) is 11.2 Å². The Morgan fingerprint density at radius 2 is 2.05 bits per heavy atom. The summed E-state index contributed by atoms with van der Waals surface area (Å²) in [5.41, 5.74) is 7.47. The first kappa shape index (κ1) is 29.8. The molecular weight excluding hydrogens is 543 g/mol. The monoisotopic (exact) mass is 578 g/mol. The number of hydrogen-bond acceptors (Lipinski definition) is 12. The van der Waals surface area contributed by atoms with Crippen molar-refractivity contribution in [2.45, 2.75) is 52.2 Å². The maximum Gasteiger partial charge on any atom is 0.406 e. The fourth-order valence-electron chi connectivity index (χ4n) is 4.33. The number of fused-ring (bicyclic) bond motifs is 1. The van der Waals surface area contributed by atoms with E-state index in [2.05, 4.69) is 20.0 Å². The topological polar surface area (TPSA) is 182 Å². The number of anilines is 1. The third-order valence-electron chi connectivity index (χ3n) is 6.33. The standard InChI is InChI=1S/C25H35N6O8P/c1-5-35-23-20-22(29-25(26)30-23)31(14-27-20)24-15(2)21(33)19(38-24)13-37-40(34,28-11-12-36-17(4)32)39-16(3)18-9-7-6-8-10-18/h6-10,14-16,19,21,24,33H,5,11-13H2,1-4H3,(H,28,34)(H2,26,29,30). The smallest absolute Gasteiger partial charge is 0.406 e. The van der Waals surface area contributed by atoms with Crippen molar-refractivity contribution in [3.63, 3.8) is 0 Å². The Labute approximate surface area is 231 Å². The van der Waals surface area contributed by atoms with Crippen molar-refractivity contribution in [1.82, 2.24) is 24.6 Å². The van der Waals surface area contributed by atoms with Crippen molar-refractivity contribution >= 4 is 30.8 Å². The SMILES string of the molecule is CCOc1nc(N)nc2c1ncn2C1OC(COP(=O)(NCCOC(C)=O)OC(C)c2ccccc2)C(O)C1C. The molecule has 3 aromatic rings. The molecule has 4 rings (SSSR count). The number of esters is 1. The molecule has 3 heterocycles. The van der Waals surface area contributed by atoms with Gasteiger partial charge in [0.25, 0.3) is 0 Å². The van der Waals surface area contributed by atoms with E-state index < -0.39 is 44.2 Å². The van der Waals surface area contributed by atoms with Crippen molar-refractivity contribution in [3.05, 3.63) is 42.2 Å². The van der Waals surface area contributed by atoms with Gasteiger partial charge in [0.2, 0.25) is 11.8 Å². The van der Waals surface area contributed by atoms with Crippen LogP contribution in [0.1, 0.15) is 45.6 Å². The van der Waals surface area contributed by atoms with Gasteiger partial charge in [0.1, 0.15) is 18.9 Å². The first-order chi connectivity index (χ1) is 19.1. The number of rotatable bonds is 13. The van der Waals surface area contributed by atoms with Gasteiger partial charge in [0.05, 0.1) is 31.7 Å². The van der Waals surface area contributed by atoms with E-state index in [1.165, 1.54) is 13.3 Å². The molecule has 0 spiro atoms. The largest absolute Gasteiger partial charge is 0.476 e. The second kappa shape index (κ2) is 13.0. The molecule has 2 aromatic heterocycles. The highest BCUT2D eigenvalue weighted by atomic mass is 31.2. The lowest BCUT2D eigenvalue weighted by Gasteiger charge is -2.25. The predicted molar refractivity (Wildman–Crippen MR) is 144 cm³/mol. The molecule has 1 aromatic carbocycles. The normalized spacial score (nSPS) is 23.1. The van der Waals surface area contributed by atoms with Gasteiger partial charge in [-0.2, -0.15) is 9.97 Å². The summed E-state index contributed by atoms with van der Waals surface area (Å²) in [4.78, 5) is 23.9. The van der Waals surface area contributed by atoms with Crippen LogP contribution >= 0.6 is 7.75 Å². The van der Waals surface area contributed by atoms with Gasteiger partial charge in [0.15, 0.2) is 11.2 Å². The molecule has 0 radical (unpaired) electrons. The molecule has 1 aliphatic rings. The highest BCUT2D eigenvalue weighted by Gasteiger charge is 2.44. The highest BCUT2D eigenvalue weighted by molar-refractivity contribution is 7.51. The minimum absolute atomic E-state index is 0.00855. The van der Waals surface area contributed by atoms with E-state index in [-0.39, 0.29) is 31.6 Å². The Balaban J connectivity index is 1.49. The van der Waals surface area contributed by atoms with Crippen LogP contribution < -0.4 is 15.6 Å². The lowest BCUT2D eigenvalue weighted by molar-refractivity contribution is -0.140. The van der Waals surface area contributed by atoms with E-state index in [1.807, 2.05) is 37.3 Å². The second-order valence-corrected chi connectivity index (χ2v) is 11.0. The van der Waals surface area contributed by atoms with Crippen molar-refractivity contribution in [2.24, 2.45) is 5.92 Å². The Bertz CT molecular complexity index is 1340. The molecule has 1 saturated heterocycles. The summed E-state index contributed by atoms with van der Waals surface area (Å²) in [6.45, 7) is 6.75. The molecular formula is C25H35N6O8P. The lowest BCUT2D eigenvalue weighted by Crippen LogP contribution is -2.31. The summed E-state index contributed by atoms with van der Waals surface area (Å²) < 4.78 is 43.6. The lowest BCUT2D eigenvalue weighted by atomic mass is 10.0. The molecule has 0 bridgehead atoms. The van der Waals surface area contributed by atoms with E-state index >= 15 is 0 Å². The number of hydrogen-bond donors (Lipinski definition) is 3. The Morgan fingerprint density at radius 1 is 1.30 bits per heavy atom. The number of aromatic nitrogens is 4. The van der Waals surface area contributed by atoms with Crippen molar-refractivity contribution in [2.75, 3.05) is 32.1 Å². The summed E-state index contributed by atoms with van der Waals surface area (Å²) in [5, 5.41) is 13.7. The fraction of sp³-hybridized carbons (Fsp3) is 0.520. The number of benzene rings is 1.